The number of ether oxygens (including phenoxy) is 1. The molecule has 130 valence electrons. The fourth-order valence-corrected chi connectivity index (χ4v) is 2.91. The Morgan fingerprint density at radius 1 is 1.25 bits per heavy atom. The van der Waals surface area contributed by atoms with Crippen LogP contribution in [0.5, 0.6) is 5.75 Å². The molecule has 0 spiro atoms. The number of furan rings is 1. The summed E-state index contributed by atoms with van der Waals surface area (Å²) in [4.78, 5) is 12.1. The molecule has 0 saturated carbocycles. The molecule has 0 radical (unpaired) electrons. The molecule has 8 heteroatoms. The van der Waals surface area contributed by atoms with E-state index in [1.54, 1.807) is 43.5 Å². The summed E-state index contributed by atoms with van der Waals surface area (Å²) in [5.41, 5.74) is 0.675. The lowest BCUT2D eigenvalue weighted by Crippen LogP contribution is -2.33. The molecule has 0 aliphatic rings. The second kappa shape index (κ2) is 7.98. The van der Waals surface area contributed by atoms with Crippen LogP contribution >= 0.6 is 0 Å². The number of rotatable bonds is 8. The SMILES string of the molecule is COc1ccc(C(CC(=O)NCc2ccco2)NS(C)(=O)=O)cc1. The Balaban J connectivity index is 2.05. The van der Waals surface area contributed by atoms with E-state index in [-0.39, 0.29) is 18.9 Å². The van der Waals surface area contributed by atoms with E-state index in [1.807, 2.05) is 0 Å². The van der Waals surface area contributed by atoms with Crippen LogP contribution in [0, 0.1) is 0 Å². The molecule has 1 heterocycles. The molecule has 1 unspecified atom stereocenters. The third-order valence-electron chi connectivity index (χ3n) is 3.30. The number of hydrogen-bond acceptors (Lipinski definition) is 5. The van der Waals surface area contributed by atoms with Gasteiger partial charge in [0.15, 0.2) is 0 Å². The van der Waals surface area contributed by atoms with Gasteiger partial charge in [-0.3, -0.25) is 4.79 Å². The smallest absolute Gasteiger partial charge is 0.222 e. The van der Waals surface area contributed by atoms with Crippen molar-refractivity contribution in [2.75, 3.05) is 13.4 Å². The summed E-state index contributed by atoms with van der Waals surface area (Å²) >= 11 is 0. The van der Waals surface area contributed by atoms with Crippen LogP contribution in [0.1, 0.15) is 23.8 Å². The summed E-state index contributed by atoms with van der Waals surface area (Å²) < 4.78 is 35.9. The largest absolute Gasteiger partial charge is 0.497 e. The molecule has 0 saturated heterocycles. The van der Waals surface area contributed by atoms with E-state index >= 15 is 0 Å². The highest BCUT2D eigenvalue weighted by molar-refractivity contribution is 7.88. The van der Waals surface area contributed by atoms with Crippen LogP contribution in [0.15, 0.2) is 47.1 Å². The summed E-state index contributed by atoms with van der Waals surface area (Å²) in [6, 6.07) is 9.69. The van der Waals surface area contributed by atoms with E-state index in [0.29, 0.717) is 17.1 Å². The molecule has 1 aromatic carbocycles. The molecule has 0 aliphatic carbocycles. The number of methoxy groups -OCH3 is 1. The number of amides is 1. The lowest BCUT2D eigenvalue weighted by Gasteiger charge is -2.18. The highest BCUT2D eigenvalue weighted by Crippen LogP contribution is 2.21. The summed E-state index contributed by atoms with van der Waals surface area (Å²) in [5.74, 6) is 0.989. The zero-order valence-electron chi connectivity index (χ0n) is 13.5. The second-order valence-electron chi connectivity index (χ2n) is 5.28. The highest BCUT2D eigenvalue weighted by atomic mass is 32.2. The van der Waals surface area contributed by atoms with E-state index in [9.17, 15) is 13.2 Å². The zero-order chi connectivity index (χ0) is 17.6. The van der Waals surface area contributed by atoms with E-state index < -0.39 is 16.1 Å². The number of hydrogen-bond donors (Lipinski definition) is 2. The second-order valence-corrected chi connectivity index (χ2v) is 7.06. The van der Waals surface area contributed by atoms with Crippen molar-refractivity contribution < 1.29 is 22.4 Å². The minimum atomic E-state index is -3.47. The van der Waals surface area contributed by atoms with E-state index in [4.69, 9.17) is 9.15 Å². The zero-order valence-corrected chi connectivity index (χ0v) is 14.3. The quantitative estimate of drug-likeness (QED) is 0.752. The molecule has 1 amide bonds. The maximum atomic E-state index is 12.1. The highest BCUT2D eigenvalue weighted by Gasteiger charge is 2.20. The van der Waals surface area contributed by atoms with Gasteiger partial charge in [0.05, 0.1) is 32.2 Å². The predicted molar refractivity (Wildman–Crippen MR) is 88.9 cm³/mol. The van der Waals surface area contributed by atoms with Gasteiger partial charge in [0.25, 0.3) is 0 Å². The molecular formula is C16H20N2O5S. The van der Waals surface area contributed by atoms with Gasteiger partial charge in [0, 0.05) is 6.42 Å². The van der Waals surface area contributed by atoms with E-state index in [0.717, 1.165) is 6.26 Å². The summed E-state index contributed by atoms with van der Waals surface area (Å²) in [7, 11) is -1.93. The van der Waals surface area contributed by atoms with Gasteiger partial charge < -0.3 is 14.5 Å². The van der Waals surface area contributed by atoms with Crippen LogP contribution < -0.4 is 14.8 Å². The fraction of sp³-hybridized carbons (Fsp3) is 0.312. The maximum Gasteiger partial charge on any atom is 0.222 e. The molecule has 2 aromatic rings. The Kier molecular flexibility index (Phi) is 5.99. The van der Waals surface area contributed by atoms with Crippen molar-refractivity contribution in [3.05, 3.63) is 54.0 Å². The first kappa shape index (κ1) is 18.0. The number of carbonyl (C=O) groups is 1. The van der Waals surface area contributed by atoms with Crippen LogP contribution in [0.2, 0.25) is 0 Å². The first-order valence-corrected chi connectivity index (χ1v) is 9.17. The normalized spacial score (nSPS) is 12.6. The molecule has 0 fully saturated rings. The van der Waals surface area contributed by atoms with Gasteiger partial charge in [0.1, 0.15) is 11.5 Å². The van der Waals surface area contributed by atoms with Crippen molar-refractivity contribution in [1.82, 2.24) is 10.0 Å². The van der Waals surface area contributed by atoms with Crippen molar-refractivity contribution in [1.29, 1.82) is 0 Å². The predicted octanol–water partition coefficient (Wildman–Crippen LogP) is 1.58. The topological polar surface area (TPSA) is 97.6 Å². The average molecular weight is 352 g/mol. The Bertz CT molecular complexity index is 754. The number of nitrogens with one attached hydrogen (secondary N) is 2. The Morgan fingerprint density at radius 3 is 2.50 bits per heavy atom. The van der Waals surface area contributed by atoms with Crippen molar-refractivity contribution >= 4 is 15.9 Å². The minimum Gasteiger partial charge on any atom is -0.497 e. The molecule has 1 aromatic heterocycles. The Labute approximate surface area is 141 Å². The molecule has 24 heavy (non-hydrogen) atoms. The standard InChI is InChI=1S/C16H20N2O5S/c1-22-13-7-5-12(6-8-13)15(18-24(2,20)21)10-16(19)17-11-14-4-3-9-23-14/h3-9,15,18H,10-11H2,1-2H3,(H,17,19). The summed E-state index contributed by atoms with van der Waals surface area (Å²) in [5, 5.41) is 2.70. The first-order valence-electron chi connectivity index (χ1n) is 7.27. The molecule has 7 nitrogen and oxygen atoms in total. The van der Waals surface area contributed by atoms with Crippen molar-refractivity contribution in [2.24, 2.45) is 0 Å². The van der Waals surface area contributed by atoms with Gasteiger partial charge in [0.2, 0.25) is 15.9 Å². The van der Waals surface area contributed by atoms with Crippen molar-refractivity contribution in [3.8, 4) is 5.75 Å². The van der Waals surface area contributed by atoms with Gasteiger partial charge in [-0.15, -0.1) is 0 Å². The van der Waals surface area contributed by atoms with Gasteiger partial charge >= 0.3 is 0 Å². The number of carbonyl (C=O) groups excluding carboxylic acids is 1. The molecule has 2 N–H and O–H groups in total. The molecule has 0 aliphatic heterocycles. The lowest BCUT2D eigenvalue weighted by molar-refractivity contribution is -0.121. The minimum absolute atomic E-state index is 0.0277. The maximum absolute atomic E-state index is 12.1. The molecule has 2 rings (SSSR count). The third-order valence-corrected chi connectivity index (χ3v) is 4.02. The van der Waals surface area contributed by atoms with E-state index in [1.165, 1.54) is 6.26 Å². The van der Waals surface area contributed by atoms with Crippen LogP contribution in [-0.2, 0) is 21.4 Å². The summed E-state index contributed by atoms with van der Waals surface area (Å²) in [6.45, 7) is 0.250. The van der Waals surface area contributed by atoms with Crippen molar-refractivity contribution in [2.45, 2.75) is 19.0 Å². The molecule has 1 atom stereocenters. The molecule has 0 bridgehead atoms. The number of sulfonamides is 1. The van der Waals surface area contributed by atoms with Gasteiger partial charge in [-0.2, -0.15) is 0 Å². The van der Waals surface area contributed by atoms with Gasteiger partial charge in [-0.1, -0.05) is 12.1 Å². The Hall–Kier alpha value is -2.32. The first-order chi connectivity index (χ1) is 11.4. The van der Waals surface area contributed by atoms with Gasteiger partial charge in [-0.25, -0.2) is 13.1 Å². The van der Waals surface area contributed by atoms with E-state index in [2.05, 4.69) is 10.0 Å². The van der Waals surface area contributed by atoms with Crippen LogP contribution in [0.3, 0.4) is 0 Å². The van der Waals surface area contributed by atoms with Crippen LogP contribution in [0.4, 0.5) is 0 Å². The third kappa shape index (κ3) is 5.71. The fourth-order valence-electron chi connectivity index (χ4n) is 2.18. The lowest BCUT2D eigenvalue weighted by atomic mass is 10.0. The van der Waals surface area contributed by atoms with Crippen molar-refractivity contribution in [3.63, 3.8) is 0 Å². The van der Waals surface area contributed by atoms with Gasteiger partial charge in [-0.05, 0) is 29.8 Å². The number of benzene rings is 1. The monoisotopic (exact) mass is 352 g/mol. The molecular weight excluding hydrogens is 332 g/mol. The average Bonchev–Trinajstić information content (AvgIpc) is 3.04. The van der Waals surface area contributed by atoms with Crippen LogP contribution in [-0.4, -0.2) is 27.7 Å². The Morgan fingerprint density at radius 2 is 1.96 bits per heavy atom. The van der Waals surface area contributed by atoms with Crippen LogP contribution in [0.25, 0.3) is 0 Å². The summed E-state index contributed by atoms with van der Waals surface area (Å²) in [6.07, 6.45) is 2.55.